The highest BCUT2D eigenvalue weighted by Gasteiger charge is 2.13. The third kappa shape index (κ3) is 4.05. The van der Waals surface area contributed by atoms with Gasteiger partial charge in [-0.2, -0.15) is 8.78 Å². The number of rotatable bonds is 6. The Hall–Kier alpha value is -2.37. The summed E-state index contributed by atoms with van der Waals surface area (Å²) in [4.78, 5) is 4.02. The van der Waals surface area contributed by atoms with E-state index in [0.29, 0.717) is 0 Å². The van der Waals surface area contributed by atoms with Gasteiger partial charge in [0.15, 0.2) is 11.5 Å². The molecule has 0 amide bonds. The summed E-state index contributed by atoms with van der Waals surface area (Å²) < 4.78 is 34.1. The minimum atomic E-state index is -2.88. The lowest BCUT2D eigenvalue weighted by Crippen LogP contribution is -2.08. The molecule has 0 bridgehead atoms. The van der Waals surface area contributed by atoms with Gasteiger partial charge in [0.2, 0.25) is 0 Å². The summed E-state index contributed by atoms with van der Waals surface area (Å²) >= 11 is 0. The summed E-state index contributed by atoms with van der Waals surface area (Å²) in [7, 11) is 1.41. The number of pyridine rings is 1. The predicted octanol–water partition coefficient (Wildman–Crippen LogP) is 3.86. The van der Waals surface area contributed by atoms with E-state index in [0.717, 1.165) is 11.3 Å². The van der Waals surface area contributed by atoms with Gasteiger partial charge >= 0.3 is 6.61 Å². The van der Waals surface area contributed by atoms with Crippen molar-refractivity contribution in [1.29, 1.82) is 0 Å². The summed E-state index contributed by atoms with van der Waals surface area (Å²) in [5.41, 5.74) is 1.76. The fourth-order valence-electron chi connectivity index (χ4n) is 1.93. The molecular weight excluding hydrogens is 278 g/mol. The number of anilines is 1. The molecule has 1 atom stereocenters. The smallest absolute Gasteiger partial charge is 0.387 e. The minimum Gasteiger partial charge on any atom is -0.493 e. The summed E-state index contributed by atoms with van der Waals surface area (Å²) in [6, 6.07) is 8.55. The van der Waals surface area contributed by atoms with Gasteiger partial charge in [-0.25, -0.2) is 0 Å². The van der Waals surface area contributed by atoms with Crippen LogP contribution >= 0.6 is 0 Å². The monoisotopic (exact) mass is 294 g/mol. The first-order valence-corrected chi connectivity index (χ1v) is 6.39. The van der Waals surface area contributed by atoms with Gasteiger partial charge in [0, 0.05) is 18.4 Å². The number of alkyl halides is 2. The lowest BCUT2D eigenvalue weighted by molar-refractivity contribution is -0.0512. The molecule has 112 valence electrons. The van der Waals surface area contributed by atoms with Gasteiger partial charge in [-0.15, -0.1) is 0 Å². The van der Waals surface area contributed by atoms with Gasteiger partial charge in [0.25, 0.3) is 0 Å². The average molecular weight is 294 g/mol. The molecule has 2 rings (SSSR count). The summed E-state index contributed by atoms with van der Waals surface area (Å²) in [5, 5.41) is 3.26. The van der Waals surface area contributed by atoms with E-state index in [9.17, 15) is 8.78 Å². The molecule has 1 N–H and O–H groups in total. The third-order valence-corrected chi connectivity index (χ3v) is 2.95. The minimum absolute atomic E-state index is 0.0184. The highest BCUT2D eigenvalue weighted by atomic mass is 19.3. The zero-order valence-electron chi connectivity index (χ0n) is 11.7. The van der Waals surface area contributed by atoms with Crippen molar-refractivity contribution in [1.82, 2.24) is 4.98 Å². The molecule has 2 aromatic rings. The van der Waals surface area contributed by atoms with Gasteiger partial charge in [-0.3, -0.25) is 4.98 Å². The van der Waals surface area contributed by atoms with E-state index in [1.165, 1.54) is 13.2 Å². The number of benzene rings is 1. The van der Waals surface area contributed by atoms with Crippen LogP contribution in [0.1, 0.15) is 18.5 Å². The first-order valence-electron chi connectivity index (χ1n) is 6.39. The standard InChI is InChI=1S/C15H16F2N2O2/c1-10(19-12-4-3-7-18-9-12)11-5-6-13(21-15(16)17)14(8-11)20-2/h3-10,15,19H,1-2H3. The number of ether oxygens (including phenoxy) is 2. The highest BCUT2D eigenvalue weighted by Crippen LogP contribution is 2.32. The van der Waals surface area contributed by atoms with Crippen LogP contribution < -0.4 is 14.8 Å². The molecule has 0 saturated heterocycles. The first-order chi connectivity index (χ1) is 10.1. The normalized spacial score (nSPS) is 12.0. The second kappa shape index (κ2) is 6.88. The molecule has 1 heterocycles. The zero-order valence-corrected chi connectivity index (χ0v) is 11.7. The number of nitrogens with zero attached hydrogens (tertiary/aromatic N) is 1. The van der Waals surface area contributed by atoms with Crippen molar-refractivity contribution in [2.45, 2.75) is 19.6 Å². The molecule has 0 aliphatic heterocycles. The topological polar surface area (TPSA) is 43.4 Å². The maximum Gasteiger partial charge on any atom is 0.387 e. The molecular formula is C15H16F2N2O2. The Morgan fingerprint density at radius 1 is 1.19 bits per heavy atom. The Balaban J connectivity index is 2.16. The third-order valence-electron chi connectivity index (χ3n) is 2.95. The molecule has 1 aromatic carbocycles. The van der Waals surface area contributed by atoms with E-state index in [-0.39, 0.29) is 17.5 Å². The van der Waals surface area contributed by atoms with Gasteiger partial charge in [0.1, 0.15) is 0 Å². The Bertz CT molecular complexity index is 579. The molecule has 0 aliphatic carbocycles. The molecule has 0 aliphatic rings. The fourth-order valence-corrected chi connectivity index (χ4v) is 1.93. The highest BCUT2D eigenvalue weighted by molar-refractivity contribution is 5.47. The molecule has 6 heteroatoms. The van der Waals surface area contributed by atoms with Crippen LogP contribution in [0.2, 0.25) is 0 Å². The van der Waals surface area contributed by atoms with E-state index < -0.39 is 6.61 Å². The molecule has 1 aromatic heterocycles. The molecule has 0 spiro atoms. The second-order valence-electron chi connectivity index (χ2n) is 4.40. The van der Waals surface area contributed by atoms with Gasteiger partial charge in [0.05, 0.1) is 12.8 Å². The van der Waals surface area contributed by atoms with E-state index in [4.69, 9.17) is 4.74 Å². The lowest BCUT2D eigenvalue weighted by atomic mass is 10.1. The van der Waals surface area contributed by atoms with Gasteiger partial charge in [-0.1, -0.05) is 6.07 Å². The fraction of sp³-hybridized carbons (Fsp3) is 0.267. The quantitative estimate of drug-likeness (QED) is 0.878. The van der Waals surface area contributed by atoms with E-state index >= 15 is 0 Å². The largest absolute Gasteiger partial charge is 0.493 e. The molecule has 21 heavy (non-hydrogen) atoms. The summed E-state index contributed by atoms with van der Waals surface area (Å²) in [6.07, 6.45) is 3.40. The maximum atomic E-state index is 12.3. The van der Waals surface area contributed by atoms with Crippen LogP contribution in [0.25, 0.3) is 0 Å². The van der Waals surface area contributed by atoms with Crippen LogP contribution in [0, 0.1) is 0 Å². The number of hydrogen-bond acceptors (Lipinski definition) is 4. The van der Waals surface area contributed by atoms with Crippen LogP contribution in [0.15, 0.2) is 42.7 Å². The van der Waals surface area contributed by atoms with Crippen LogP contribution in [-0.2, 0) is 0 Å². The van der Waals surface area contributed by atoms with E-state index in [1.807, 2.05) is 19.1 Å². The first kappa shape index (κ1) is 15.0. The Morgan fingerprint density at radius 3 is 2.62 bits per heavy atom. The van der Waals surface area contributed by atoms with Crippen LogP contribution in [-0.4, -0.2) is 18.7 Å². The number of methoxy groups -OCH3 is 1. The van der Waals surface area contributed by atoms with Crippen molar-refractivity contribution < 1.29 is 18.3 Å². The molecule has 0 fully saturated rings. The Morgan fingerprint density at radius 2 is 2.00 bits per heavy atom. The van der Waals surface area contributed by atoms with Crippen molar-refractivity contribution in [3.05, 3.63) is 48.3 Å². The van der Waals surface area contributed by atoms with Crippen LogP contribution in [0.3, 0.4) is 0 Å². The summed E-state index contributed by atoms with van der Waals surface area (Å²) in [5.74, 6) is 0.289. The van der Waals surface area contributed by atoms with Crippen LogP contribution in [0.4, 0.5) is 14.5 Å². The van der Waals surface area contributed by atoms with E-state index in [1.54, 1.807) is 24.5 Å². The number of hydrogen-bond donors (Lipinski definition) is 1. The molecule has 0 radical (unpaired) electrons. The maximum absolute atomic E-state index is 12.3. The second-order valence-corrected chi connectivity index (χ2v) is 4.40. The average Bonchev–Trinajstić information content (AvgIpc) is 2.48. The SMILES string of the molecule is COc1cc(C(C)Nc2cccnc2)ccc1OC(F)F. The zero-order chi connectivity index (χ0) is 15.2. The van der Waals surface area contributed by atoms with E-state index in [2.05, 4.69) is 15.0 Å². The number of nitrogens with one attached hydrogen (secondary N) is 1. The number of aromatic nitrogens is 1. The van der Waals surface area contributed by atoms with Crippen LogP contribution in [0.5, 0.6) is 11.5 Å². The molecule has 1 unspecified atom stereocenters. The lowest BCUT2D eigenvalue weighted by Gasteiger charge is -2.17. The van der Waals surface area contributed by atoms with Crippen molar-refractivity contribution in [2.75, 3.05) is 12.4 Å². The number of halogens is 2. The van der Waals surface area contributed by atoms with Crippen molar-refractivity contribution in [3.8, 4) is 11.5 Å². The predicted molar refractivity (Wildman–Crippen MR) is 75.9 cm³/mol. The van der Waals surface area contributed by atoms with Crippen molar-refractivity contribution >= 4 is 5.69 Å². The Labute approximate surface area is 121 Å². The van der Waals surface area contributed by atoms with Gasteiger partial charge < -0.3 is 14.8 Å². The van der Waals surface area contributed by atoms with Crippen molar-refractivity contribution in [2.24, 2.45) is 0 Å². The van der Waals surface area contributed by atoms with Gasteiger partial charge in [-0.05, 0) is 36.8 Å². The van der Waals surface area contributed by atoms with Crippen molar-refractivity contribution in [3.63, 3.8) is 0 Å². The molecule has 0 saturated carbocycles. The summed E-state index contributed by atoms with van der Waals surface area (Å²) in [6.45, 7) is -0.925. The Kier molecular flexibility index (Phi) is 4.92. The molecule has 4 nitrogen and oxygen atoms in total.